The number of nitrogens with zero attached hydrogens (tertiary/aromatic N) is 4. The van der Waals surface area contributed by atoms with Crippen LogP contribution in [0.2, 0.25) is 0 Å². The number of aryl methyl sites for hydroxylation is 2. The number of hydrogen-bond donors (Lipinski definition) is 1. The molecule has 1 aromatic carbocycles. The van der Waals surface area contributed by atoms with Gasteiger partial charge in [-0.2, -0.15) is 15.1 Å². The van der Waals surface area contributed by atoms with Crippen molar-refractivity contribution in [3.05, 3.63) is 58.4 Å². The number of carbonyl (C=O) groups is 1. The monoisotopic (exact) mass is 445 g/mol. The summed E-state index contributed by atoms with van der Waals surface area (Å²) in [5.41, 5.74) is 5.59. The van der Waals surface area contributed by atoms with Crippen LogP contribution in [-0.2, 0) is 4.79 Å². The Morgan fingerprint density at radius 2 is 1.91 bits per heavy atom. The minimum Gasteiger partial charge on any atom is -0.318 e. The summed E-state index contributed by atoms with van der Waals surface area (Å²) in [6.45, 7) is 6.17. The molecule has 0 atom stereocenters. The van der Waals surface area contributed by atoms with Gasteiger partial charge in [0.1, 0.15) is 5.04 Å². The first-order valence-corrected chi connectivity index (χ1v) is 12.0. The second-order valence-electron chi connectivity index (χ2n) is 8.79. The van der Waals surface area contributed by atoms with Crippen LogP contribution in [0.25, 0.3) is 11.8 Å². The number of nitrogens with one attached hydrogen (secondary N) is 1. The van der Waals surface area contributed by atoms with Crippen molar-refractivity contribution in [3.8, 4) is 5.69 Å². The summed E-state index contributed by atoms with van der Waals surface area (Å²) >= 11 is 1.46. The third-order valence-electron chi connectivity index (χ3n) is 6.45. The first-order chi connectivity index (χ1) is 15.4. The third kappa shape index (κ3) is 3.64. The molecule has 6 nitrogen and oxygen atoms in total. The van der Waals surface area contributed by atoms with Crippen molar-refractivity contribution in [1.82, 2.24) is 9.58 Å². The zero-order valence-electron chi connectivity index (χ0n) is 18.7. The van der Waals surface area contributed by atoms with Gasteiger partial charge in [0.2, 0.25) is 5.17 Å². The van der Waals surface area contributed by atoms with E-state index in [1.54, 1.807) is 11.1 Å². The molecule has 1 N–H and O–H groups in total. The number of thioether (sulfide) groups is 1. The van der Waals surface area contributed by atoms with E-state index in [0.717, 1.165) is 40.5 Å². The molecule has 1 amide bonds. The summed E-state index contributed by atoms with van der Waals surface area (Å²) in [6.07, 6.45) is 7.76. The Morgan fingerprint density at radius 1 is 1.12 bits per heavy atom. The van der Waals surface area contributed by atoms with Gasteiger partial charge in [-0.1, -0.05) is 31.4 Å². The van der Waals surface area contributed by atoms with Crippen molar-refractivity contribution in [2.45, 2.75) is 52.9 Å². The number of amidine groups is 2. The van der Waals surface area contributed by atoms with Crippen molar-refractivity contribution in [3.63, 3.8) is 0 Å². The van der Waals surface area contributed by atoms with E-state index in [0.29, 0.717) is 11.1 Å². The number of amides is 1. The van der Waals surface area contributed by atoms with Crippen LogP contribution < -0.4 is 0 Å². The minimum absolute atomic E-state index is 0.110. The fourth-order valence-electron chi connectivity index (χ4n) is 4.78. The molecule has 7 heteroatoms. The van der Waals surface area contributed by atoms with Crippen molar-refractivity contribution in [1.29, 1.82) is 5.41 Å². The molecule has 1 aliphatic carbocycles. The number of benzene rings is 1. The normalized spacial score (nSPS) is 20.6. The van der Waals surface area contributed by atoms with Crippen LogP contribution >= 0.6 is 11.8 Å². The van der Waals surface area contributed by atoms with Crippen molar-refractivity contribution < 1.29 is 4.79 Å². The fourth-order valence-corrected chi connectivity index (χ4v) is 5.83. The molecule has 164 valence electrons. The van der Waals surface area contributed by atoms with Gasteiger partial charge < -0.3 is 4.57 Å². The van der Waals surface area contributed by atoms with Crippen LogP contribution in [-0.4, -0.2) is 31.5 Å². The Morgan fingerprint density at radius 3 is 2.66 bits per heavy atom. The maximum absolute atomic E-state index is 12.9. The lowest BCUT2D eigenvalue weighted by Gasteiger charge is -2.20. The van der Waals surface area contributed by atoms with Crippen molar-refractivity contribution >= 4 is 39.8 Å². The van der Waals surface area contributed by atoms with E-state index in [-0.39, 0.29) is 17.3 Å². The first kappa shape index (κ1) is 20.9. The molecule has 0 bridgehead atoms. The molecular weight excluding hydrogens is 418 g/mol. The largest absolute Gasteiger partial charge is 0.318 e. The molecule has 1 fully saturated rings. The smallest absolute Gasteiger partial charge is 0.283 e. The second kappa shape index (κ2) is 8.20. The van der Waals surface area contributed by atoms with Gasteiger partial charge in [-0.3, -0.25) is 10.2 Å². The van der Waals surface area contributed by atoms with Gasteiger partial charge >= 0.3 is 0 Å². The Hall–Kier alpha value is -2.93. The van der Waals surface area contributed by atoms with E-state index in [9.17, 15) is 4.79 Å². The highest BCUT2D eigenvalue weighted by Gasteiger charge is 2.38. The van der Waals surface area contributed by atoms with Gasteiger partial charge in [0, 0.05) is 23.0 Å². The fraction of sp³-hybridized carbons (Fsp3) is 0.360. The number of fused-ring (bicyclic) bond motifs is 1. The van der Waals surface area contributed by atoms with Crippen molar-refractivity contribution in [2.24, 2.45) is 16.0 Å². The maximum Gasteiger partial charge on any atom is 0.283 e. The van der Waals surface area contributed by atoms with Crippen molar-refractivity contribution in [2.75, 3.05) is 0 Å². The van der Waals surface area contributed by atoms with Gasteiger partial charge in [-0.05, 0) is 80.8 Å². The first-order valence-electron chi connectivity index (χ1n) is 11.2. The molecule has 2 aliphatic heterocycles. The standard InChI is InChI=1S/C25H27N5OS/c1-15-8-7-11-20(12-15)29-16(2)13-19(17(29)3)14-21-22(26)30-25(27-23(21)31)32-24(28-30)18-9-5-4-6-10-18/h7-8,11-14,18,26H,4-6,9-10H2,1-3H3/b21-14+,26-22?. The molecule has 3 heterocycles. The lowest BCUT2D eigenvalue weighted by molar-refractivity contribution is -0.114. The molecule has 1 aromatic heterocycles. The van der Waals surface area contributed by atoms with Crippen LogP contribution in [0.1, 0.15) is 54.6 Å². The number of hydrazone groups is 1. The zero-order chi connectivity index (χ0) is 22.4. The Bertz CT molecular complexity index is 1210. The van der Waals surface area contributed by atoms with Crippen LogP contribution in [0.15, 0.2) is 46.0 Å². The molecule has 5 rings (SSSR count). The molecule has 0 saturated heterocycles. The summed E-state index contributed by atoms with van der Waals surface area (Å²) < 4.78 is 2.18. The van der Waals surface area contributed by atoms with Gasteiger partial charge in [0.25, 0.3) is 5.91 Å². The van der Waals surface area contributed by atoms with E-state index in [1.165, 1.54) is 36.6 Å². The molecular formula is C25H27N5OS. The average molecular weight is 446 g/mol. The Labute approximate surface area is 192 Å². The molecule has 3 aliphatic rings. The van der Waals surface area contributed by atoms with Gasteiger partial charge in [-0.15, -0.1) is 0 Å². The Balaban J connectivity index is 1.48. The summed E-state index contributed by atoms with van der Waals surface area (Å²) in [5, 5.41) is 16.5. The molecule has 32 heavy (non-hydrogen) atoms. The Kier molecular flexibility index (Phi) is 5.37. The van der Waals surface area contributed by atoms with E-state index in [4.69, 9.17) is 10.5 Å². The number of carbonyl (C=O) groups excluding carboxylic acids is 1. The van der Waals surface area contributed by atoms with E-state index in [1.807, 2.05) is 13.0 Å². The summed E-state index contributed by atoms with van der Waals surface area (Å²) in [7, 11) is 0. The predicted molar refractivity (Wildman–Crippen MR) is 132 cm³/mol. The summed E-state index contributed by atoms with van der Waals surface area (Å²) in [5.74, 6) is 0.165. The minimum atomic E-state index is -0.366. The van der Waals surface area contributed by atoms with Crippen LogP contribution in [0.5, 0.6) is 0 Å². The highest BCUT2D eigenvalue weighted by atomic mass is 32.2. The molecule has 2 aromatic rings. The van der Waals surface area contributed by atoms with Crippen LogP contribution in [0.3, 0.4) is 0 Å². The lowest BCUT2D eigenvalue weighted by atomic mass is 9.90. The van der Waals surface area contributed by atoms with Gasteiger partial charge in [0.05, 0.1) is 5.57 Å². The van der Waals surface area contributed by atoms with E-state index >= 15 is 0 Å². The quantitative estimate of drug-likeness (QED) is 0.625. The predicted octanol–water partition coefficient (Wildman–Crippen LogP) is 5.60. The van der Waals surface area contributed by atoms with Crippen LogP contribution in [0.4, 0.5) is 0 Å². The second-order valence-corrected chi connectivity index (χ2v) is 9.78. The van der Waals surface area contributed by atoms with Gasteiger partial charge in [0.15, 0.2) is 5.84 Å². The highest BCUT2D eigenvalue weighted by Crippen LogP contribution is 2.36. The number of rotatable bonds is 3. The lowest BCUT2D eigenvalue weighted by Crippen LogP contribution is -2.35. The molecule has 0 radical (unpaired) electrons. The van der Waals surface area contributed by atoms with Crippen LogP contribution in [0, 0.1) is 32.1 Å². The highest BCUT2D eigenvalue weighted by molar-refractivity contribution is 8.27. The summed E-state index contributed by atoms with van der Waals surface area (Å²) in [4.78, 5) is 17.1. The van der Waals surface area contributed by atoms with E-state index in [2.05, 4.69) is 47.7 Å². The number of aromatic nitrogens is 1. The molecule has 0 spiro atoms. The van der Waals surface area contributed by atoms with E-state index < -0.39 is 0 Å². The molecule has 0 unspecified atom stereocenters. The number of hydrogen-bond acceptors (Lipinski definition) is 4. The topological polar surface area (TPSA) is 73.8 Å². The summed E-state index contributed by atoms with van der Waals surface area (Å²) in [6, 6.07) is 10.4. The molecule has 1 saturated carbocycles. The zero-order valence-corrected chi connectivity index (χ0v) is 19.5. The maximum atomic E-state index is 12.9. The average Bonchev–Trinajstić information content (AvgIpc) is 3.32. The third-order valence-corrected chi connectivity index (χ3v) is 7.53. The van der Waals surface area contributed by atoms with Gasteiger partial charge in [-0.25, -0.2) is 0 Å². The SMILES string of the molecule is Cc1cccc(-n2c(C)cc(/C=C3\C(=N)N4N=C(C5CCCCC5)SC4=NC3=O)c2C)c1. The number of aliphatic imine (C=N–C) groups is 1.